The molecule has 0 spiro atoms. The molecule has 2 atom stereocenters. The van der Waals surface area contributed by atoms with E-state index in [2.05, 4.69) is 33.0 Å². The predicted octanol–water partition coefficient (Wildman–Crippen LogP) is 6.40. The van der Waals surface area contributed by atoms with E-state index in [0.717, 1.165) is 17.5 Å². The largest absolute Gasteiger partial charge is 0.447 e. The quantitative estimate of drug-likeness (QED) is 0.340. The SMILES string of the molecule is CC(CC(C)(C)C)N(C)C(=O)c1ccc(NC(=O)c2cccc(CN3C(=O)OC[C@H]3Cc3ccccc3)c2)cc1. The third-order valence-corrected chi connectivity index (χ3v) is 7.21. The van der Waals surface area contributed by atoms with Crippen molar-refractivity contribution in [3.8, 4) is 0 Å². The van der Waals surface area contributed by atoms with E-state index in [1.807, 2.05) is 49.5 Å². The molecule has 1 aliphatic heterocycles. The number of nitrogens with one attached hydrogen (secondary N) is 1. The lowest BCUT2D eigenvalue weighted by Crippen LogP contribution is -2.37. The highest BCUT2D eigenvalue weighted by molar-refractivity contribution is 6.04. The molecule has 0 aromatic heterocycles. The Morgan fingerprint density at radius 2 is 1.65 bits per heavy atom. The summed E-state index contributed by atoms with van der Waals surface area (Å²) in [5, 5.41) is 2.91. The summed E-state index contributed by atoms with van der Waals surface area (Å²) in [5.74, 6) is -0.310. The Hall–Kier alpha value is -4.13. The van der Waals surface area contributed by atoms with E-state index in [9.17, 15) is 14.4 Å². The van der Waals surface area contributed by atoms with E-state index in [4.69, 9.17) is 4.74 Å². The number of carbonyl (C=O) groups is 3. The van der Waals surface area contributed by atoms with Crippen LogP contribution in [0.5, 0.6) is 0 Å². The second-order valence-electron chi connectivity index (χ2n) is 11.8. The molecular weight excluding hydrogens is 502 g/mol. The topological polar surface area (TPSA) is 79.0 Å². The molecule has 1 fully saturated rings. The first-order chi connectivity index (χ1) is 19.0. The maximum absolute atomic E-state index is 13.0. The molecule has 1 heterocycles. The zero-order chi connectivity index (χ0) is 28.9. The van der Waals surface area contributed by atoms with Crippen molar-refractivity contribution in [1.82, 2.24) is 9.80 Å². The Morgan fingerprint density at radius 1 is 0.975 bits per heavy atom. The van der Waals surface area contributed by atoms with Gasteiger partial charge in [-0.15, -0.1) is 0 Å². The molecule has 40 heavy (non-hydrogen) atoms. The summed E-state index contributed by atoms with van der Waals surface area (Å²) in [6.45, 7) is 9.25. The van der Waals surface area contributed by atoms with Crippen LogP contribution in [-0.2, 0) is 17.7 Å². The third kappa shape index (κ3) is 7.50. The number of hydrogen-bond donors (Lipinski definition) is 1. The van der Waals surface area contributed by atoms with Gasteiger partial charge in [-0.2, -0.15) is 0 Å². The van der Waals surface area contributed by atoms with E-state index in [0.29, 0.717) is 36.4 Å². The first-order valence-electron chi connectivity index (χ1n) is 13.7. The van der Waals surface area contributed by atoms with Crippen LogP contribution in [0.3, 0.4) is 0 Å². The predicted molar refractivity (Wildman–Crippen MR) is 157 cm³/mol. The van der Waals surface area contributed by atoms with Gasteiger partial charge in [0.2, 0.25) is 0 Å². The zero-order valence-corrected chi connectivity index (χ0v) is 24.0. The van der Waals surface area contributed by atoms with Crippen molar-refractivity contribution in [1.29, 1.82) is 0 Å². The van der Waals surface area contributed by atoms with Crippen molar-refractivity contribution in [3.05, 3.63) is 101 Å². The van der Waals surface area contributed by atoms with Crippen LogP contribution >= 0.6 is 0 Å². The number of hydrogen-bond acceptors (Lipinski definition) is 4. The Morgan fingerprint density at radius 3 is 2.33 bits per heavy atom. The number of anilines is 1. The van der Waals surface area contributed by atoms with Gasteiger partial charge in [-0.3, -0.25) is 14.5 Å². The molecule has 1 aliphatic rings. The molecule has 210 valence electrons. The van der Waals surface area contributed by atoms with Crippen molar-refractivity contribution < 1.29 is 19.1 Å². The lowest BCUT2D eigenvalue weighted by Gasteiger charge is -2.30. The van der Waals surface area contributed by atoms with Gasteiger partial charge >= 0.3 is 6.09 Å². The summed E-state index contributed by atoms with van der Waals surface area (Å²) in [5.41, 5.74) is 3.77. The van der Waals surface area contributed by atoms with Crippen molar-refractivity contribution in [2.24, 2.45) is 5.41 Å². The Bertz CT molecular complexity index is 1330. The van der Waals surface area contributed by atoms with Gasteiger partial charge in [0, 0.05) is 36.4 Å². The molecule has 1 saturated heterocycles. The lowest BCUT2D eigenvalue weighted by atomic mass is 9.88. The van der Waals surface area contributed by atoms with Gasteiger partial charge in [-0.25, -0.2) is 4.79 Å². The van der Waals surface area contributed by atoms with E-state index in [1.165, 1.54) is 0 Å². The monoisotopic (exact) mass is 541 g/mol. The van der Waals surface area contributed by atoms with Gasteiger partial charge in [0.25, 0.3) is 11.8 Å². The van der Waals surface area contributed by atoms with Crippen LogP contribution in [0.2, 0.25) is 0 Å². The van der Waals surface area contributed by atoms with Gasteiger partial charge in [-0.05, 0) is 72.7 Å². The minimum atomic E-state index is -0.344. The second-order valence-corrected chi connectivity index (χ2v) is 11.8. The van der Waals surface area contributed by atoms with Crippen molar-refractivity contribution in [2.45, 2.75) is 59.2 Å². The van der Waals surface area contributed by atoms with Gasteiger partial charge in [0.05, 0.1) is 6.04 Å². The number of benzene rings is 3. The Balaban J connectivity index is 1.38. The van der Waals surface area contributed by atoms with E-state index in [-0.39, 0.29) is 35.4 Å². The number of carbonyl (C=O) groups excluding carboxylic acids is 3. The van der Waals surface area contributed by atoms with Gasteiger partial charge in [0.15, 0.2) is 0 Å². The molecule has 3 aromatic rings. The summed E-state index contributed by atoms with van der Waals surface area (Å²) in [4.78, 5) is 41.9. The van der Waals surface area contributed by atoms with Gasteiger partial charge < -0.3 is 15.0 Å². The molecule has 0 aliphatic carbocycles. The number of amides is 3. The summed E-state index contributed by atoms with van der Waals surface area (Å²) in [6, 6.07) is 24.3. The Kier molecular flexibility index (Phi) is 8.93. The summed E-state index contributed by atoms with van der Waals surface area (Å²) >= 11 is 0. The molecule has 0 radical (unpaired) electrons. The molecule has 3 aromatic carbocycles. The van der Waals surface area contributed by atoms with E-state index < -0.39 is 0 Å². The van der Waals surface area contributed by atoms with Crippen LogP contribution < -0.4 is 5.32 Å². The zero-order valence-electron chi connectivity index (χ0n) is 24.0. The van der Waals surface area contributed by atoms with E-state index >= 15 is 0 Å². The highest BCUT2D eigenvalue weighted by Gasteiger charge is 2.33. The molecular formula is C33H39N3O4. The summed E-state index contributed by atoms with van der Waals surface area (Å²) < 4.78 is 5.34. The van der Waals surface area contributed by atoms with Crippen LogP contribution in [-0.4, -0.2) is 53.4 Å². The van der Waals surface area contributed by atoms with Crippen LogP contribution in [0.1, 0.15) is 66.0 Å². The summed E-state index contributed by atoms with van der Waals surface area (Å²) in [7, 11) is 1.83. The fourth-order valence-corrected chi connectivity index (χ4v) is 5.07. The molecule has 1 N–H and O–H groups in total. The van der Waals surface area contributed by atoms with Crippen molar-refractivity contribution in [2.75, 3.05) is 19.0 Å². The van der Waals surface area contributed by atoms with Crippen LogP contribution in [0, 0.1) is 5.41 Å². The molecule has 3 amide bonds. The number of nitrogens with zero attached hydrogens (tertiary/aromatic N) is 2. The van der Waals surface area contributed by atoms with Gasteiger partial charge in [0.1, 0.15) is 6.61 Å². The van der Waals surface area contributed by atoms with Crippen molar-refractivity contribution in [3.63, 3.8) is 0 Å². The maximum atomic E-state index is 13.0. The third-order valence-electron chi connectivity index (χ3n) is 7.21. The molecule has 4 rings (SSSR count). The Labute approximate surface area is 237 Å². The van der Waals surface area contributed by atoms with E-state index in [1.54, 1.807) is 46.2 Å². The fourth-order valence-electron chi connectivity index (χ4n) is 5.07. The molecule has 0 saturated carbocycles. The minimum absolute atomic E-state index is 0.0478. The number of ether oxygens (including phenoxy) is 1. The standard InChI is InChI=1S/C33H39N3O4/c1-23(20-33(2,3)4)35(5)31(38)26-14-16-28(17-15-26)34-30(37)27-13-9-12-25(18-27)21-36-29(22-40-32(36)39)19-24-10-7-6-8-11-24/h6-18,23,29H,19-22H2,1-5H3,(H,34,37)/t23?,29-/m1/s1. The molecule has 7 nitrogen and oxygen atoms in total. The summed E-state index contributed by atoms with van der Waals surface area (Å²) in [6.07, 6.45) is 1.26. The average molecular weight is 542 g/mol. The molecule has 0 bridgehead atoms. The first-order valence-corrected chi connectivity index (χ1v) is 13.7. The second kappa shape index (κ2) is 12.4. The highest BCUT2D eigenvalue weighted by Crippen LogP contribution is 2.24. The molecule has 7 heteroatoms. The van der Waals surface area contributed by atoms with Gasteiger partial charge in [-0.1, -0.05) is 63.2 Å². The molecule has 1 unspecified atom stereocenters. The normalized spacial score (nSPS) is 15.9. The number of cyclic esters (lactones) is 1. The van der Waals surface area contributed by atoms with Crippen LogP contribution in [0.15, 0.2) is 78.9 Å². The smallest absolute Gasteiger partial charge is 0.410 e. The van der Waals surface area contributed by atoms with Crippen LogP contribution in [0.4, 0.5) is 10.5 Å². The maximum Gasteiger partial charge on any atom is 0.410 e. The lowest BCUT2D eigenvalue weighted by molar-refractivity contribution is 0.0709. The average Bonchev–Trinajstić information content (AvgIpc) is 3.26. The fraction of sp³-hybridized carbons (Fsp3) is 0.364. The van der Waals surface area contributed by atoms with Crippen LogP contribution in [0.25, 0.3) is 0 Å². The highest BCUT2D eigenvalue weighted by atomic mass is 16.6. The number of rotatable bonds is 9. The first kappa shape index (κ1) is 28.9. The van der Waals surface area contributed by atoms with Crippen molar-refractivity contribution >= 4 is 23.6 Å². The minimum Gasteiger partial charge on any atom is -0.447 e.